The molecule has 0 bridgehead atoms. The van der Waals surface area contributed by atoms with Crippen LogP contribution in [0, 0.1) is 23.0 Å². The van der Waals surface area contributed by atoms with Gasteiger partial charge in [-0.05, 0) is 19.1 Å². The highest BCUT2D eigenvalue weighted by Gasteiger charge is 2.20. The first kappa shape index (κ1) is 13.4. The molecule has 0 saturated carbocycles. The minimum atomic E-state index is -1.48. The van der Waals surface area contributed by atoms with Crippen molar-refractivity contribution < 1.29 is 19.0 Å². The summed E-state index contributed by atoms with van der Waals surface area (Å²) in [6.07, 6.45) is 0. The average Bonchev–Trinajstić information content (AvgIpc) is 2.27. The highest BCUT2D eigenvalue weighted by molar-refractivity contribution is 5.50. The number of rotatable bonds is 4. The monoisotopic (exact) mass is 242 g/mol. The second kappa shape index (κ2) is 5.08. The van der Waals surface area contributed by atoms with Crippen molar-refractivity contribution in [2.45, 2.75) is 12.5 Å². The number of nitrogens with zero attached hydrogens (tertiary/aromatic N) is 1. The van der Waals surface area contributed by atoms with Gasteiger partial charge in [0.25, 0.3) is 0 Å². The van der Waals surface area contributed by atoms with Gasteiger partial charge in [0.2, 0.25) is 0 Å². The largest absolute Gasteiger partial charge is 0.393 e. The minimum absolute atomic E-state index is 0.125. The van der Waals surface area contributed by atoms with Crippen LogP contribution < -0.4 is 5.32 Å². The molecule has 0 heterocycles. The summed E-state index contributed by atoms with van der Waals surface area (Å²) in [6, 6.07) is 3.40. The Labute approximate surface area is 97.1 Å². The number of hydrogen-bond donors (Lipinski definition) is 3. The van der Waals surface area contributed by atoms with Gasteiger partial charge in [0.05, 0.1) is 18.2 Å². The van der Waals surface area contributed by atoms with E-state index in [1.165, 1.54) is 6.92 Å². The third kappa shape index (κ3) is 3.37. The highest BCUT2D eigenvalue weighted by atomic mass is 19.1. The Morgan fingerprint density at radius 2 is 1.94 bits per heavy atom. The standard InChI is InChI=1S/C11H12F2N2O2/c1-11(17,6-16)5-15-10-8(12)2-7(4-14)3-9(10)13/h2-3,15-17H,5-6H2,1H3. The molecule has 0 amide bonds. The van der Waals surface area contributed by atoms with Gasteiger partial charge in [-0.15, -0.1) is 0 Å². The fourth-order valence-electron chi connectivity index (χ4n) is 1.14. The maximum absolute atomic E-state index is 13.4. The Balaban J connectivity index is 2.90. The fourth-order valence-corrected chi connectivity index (χ4v) is 1.14. The van der Waals surface area contributed by atoms with Crippen LogP contribution in [0.15, 0.2) is 12.1 Å². The zero-order valence-corrected chi connectivity index (χ0v) is 9.17. The van der Waals surface area contributed by atoms with Crippen LogP contribution in [0.5, 0.6) is 0 Å². The quantitative estimate of drug-likeness (QED) is 0.736. The van der Waals surface area contributed by atoms with E-state index in [4.69, 9.17) is 10.4 Å². The van der Waals surface area contributed by atoms with E-state index in [1.807, 2.05) is 0 Å². The predicted molar refractivity (Wildman–Crippen MR) is 57.3 cm³/mol. The molecule has 0 aromatic heterocycles. The molecule has 92 valence electrons. The van der Waals surface area contributed by atoms with Gasteiger partial charge < -0.3 is 15.5 Å². The van der Waals surface area contributed by atoms with Crippen molar-refractivity contribution in [1.82, 2.24) is 0 Å². The van der Waals surface area contributed by atoms with Crippen LogP contribution >= 0.6 is 0 Å². The maximum atomic E-state index is 13.4. The first-order valence-corrected chi connectivity index (χ1v) is 4.86. The lowest BCUT2D eigenvalue weighted by atomic mass is 10.1. The van der Waals surface area contributed by atoms with Gasteiger partial charge in [0.1, 0.15) is 11.3 Å². The summed E-state index contributed by atoms with van der Waals surface area (Å²) in [4.78, 5) is 0. The summed E-state index contributed by atoms with van der Waals surface area (Å²) >= 11 is 0. The van der Waals surface area contributed by atoms with Crippen molar-refractivity contribution >= 4 is 5.69 Å². The molecule has 0 aliphatic carbocycles. The van der Waals surface area contributed by atoms with E-state index >= 15 is 0 Å². The third-order valence-corrected chi connectivity index (χ3v) is 2.16. The van der Waals surface area contributed by atoms with E-state index in [0.717, 1.165) is 12.1 Å². The Morgan fingerprint density at radius 3 is 2.35 bits per heavy atom. The van der Waals surface area contributed by atoms with E-state index in [0.29, 0.717) is 0 Å². The van der Waals surface area contributed by atoms with Crippen molar-refractivity contribution in [2.24, 2.45) is 0 Å². The Hall–Kier alpha value is -1.71. The average molecular weight is 242 g/mol. The number of aliphatic hydroxyl groups is 2. The predicted octanol–water partition coefficient (Wildman–Crippen LogP) is 0.992. The van der Waals surface area contributed by atoms with Gasteiger partial charge in [-0.25, -0.2) is 8.78 Å². The first-order chi connectivity index (χ1) is 7.89. The van der Waals surface area contributed by atoms with Gasteiger partial charge in [0.15, 0.2) is 11.6 Å². The van der Waals surface area contributed by atoms with Crippen LogP contribution in [-0.2, 0) is 0 Å². The molecular formula is C11H12F2N2O2. The molecule has 0 aliphatic rings. The zero-order valence-electron chi connectivity index (χ0n) is 9.17. The van der Waals surface area contributed by atoms with Crippen molar-refractivity contribution in [3.63, 3.8) is 0 Å². The highest BCUT2D eigenvalue weighted by Crippen LogP contribution is 2.21. The molecule has 0 fully saturated rings. The van der Waals surface area contributed by atoms with E-state index < -0.39 is 29.5 Å². The Kier molecular flexibility index (Phi) is 3.99. The smallest absolute Gasteiger partial charge is 0.150 e. The number of halogens is 2. The normalized spacial score (nSPS) is 13.9. The SMILES string of the molecule is CC(O)(CO)CNc1c(F)cc(C#N)cc1F. The molecule has 1 atom stereocenters. The van der Waals surface area contributed by atoms with Crippen LogP contribution in [0.3, 0.4) is 0 Å². The lowest BCUT2D eigenvalue weighted by Gasteiger charge is -2.21. The zero-order chi connectivity index (χ0) is 13.1. The number of anilines is 1. The topological polar surface area (TPSA) is 76.3 Å². The lowest BCUT2D eigenvalue weighted by Crippen LogP contribution is -2.37. The first-order valence-electron chi connectivity index (χ1n) is 4.86. The molecule has 17 heavy (non-hydrogen) atoms. The summed E-state index contributed by atoms with van der Waals surface area (Å²) in [5.41, 5.74) is -2.04. The summed E-state index contributed by atoms with van der Waals surface area (Å²) in [5, 5.41) is 29.1. The van der Waals surface area contributed by atoms with Crippen LogP contribution in [0.1, 0.15) is 12.5 Å². The number of hydrogen-bond acceptors (Lipinski definition) is 4. The lowest BCUT2D eigenvalue weighted by molar-refractivity contribution is 0.0131. The Bertz CT molecular complexity index is 432. The fraction of sp³-hybridized carbons (Fsp3) is 0.364. The minimum Gasteiger partial charge on any atom is -0.393 e. The van der Waals surface area contributed by atoms with Crippen LogP contribution in [0.25, 0.3) is 0 Å². The van der Waals surface area contributed by atoms with Crippen molar-refractivity contribution in [2.75, 3.05) is 18.5 Å². The van der Waals surface area contributed by atoms with Gasteiger partial charge in [-0.3, -0.25) is 0 Å². The van der Waals surface area contributed by atoms with Gasteiger partial charge in [0, 0.05) is 6.54 Å². The van der Waals surface area contributed by atoms with Crippen LogP contribution in [0.4, 0.5) is 14.5 Å². The molecular weight excluding hydrogens is 230 g/mol. The molecule has 1 aromatic rings. The van der Waals surface area contributed by atoms with Crippen LogP contribution in [-0.4, -0.2) is 29.0 Å². The third-order valence-electron chi connectivity index (χ3n) is 2.16. The van der Waals surface area contributed by atoms with Gasteiger partial charge >= 0.3 is 0 Å². The molecule has 3 N–H and O–H groups in total. The second-order valence-electron chi connectivity index (χ2n) is 3.94. The molecule has 0 spiro atoms. The summed E-state index contributed by atoms with van der Waals surface area (Å²) in [5.74, 6) is -1.84. The number of aliphatic hydroxyl groups excluding tert-OH is 1. The number of nitrogens with one attached hydrogen (secondary N) is 1. The number of benzene rings is 1. The molecule has 1 rings (SSSR count). The molecule has 6 heteroatoms. The van der Waals surface area contributed by atoms with Gasteiger partial charge in [-0.1, -0.05) is 0 Å². The van der Waals surface area contributed by atoms with E-state index in [1.54, 1.807) is 6.07 Å². The van der Waals surface area contributed by atoms with E-state index in [9.17, 15) is 13.9 Å². The van der Waals surface area contributed by atoms with E-state index in [2.05, 4.69) is 5.32 Å². The van der Waals surface area contributed by atoms with Crippen LogP contribution in [0.2, 0.25) is 0 Å². The number of nitriles is 1. The summed E-state index contributed by atoms with van der Waals surface area (Å²) in [7, 11) is 0. The van der Waals surface area contributed by atoms with Crippen molar-refractivity contribution in [1.29, 1.82) is 5.26 Å². The molecule has 0 aliphatic heterocycles. The van der Waals surface area contributed by atoms with Gasteiger partial charge in [-0.2, -0.15) is 5.26 Å². The molecule has 1 aromatic carbocycles. The molecule has 0 saturated heterocycles. The van der Waals surface area contributed by atoms with Crippen molar-refractivity contribution in [3.05, 3.63) is 29.3 Å². The molecule has 1 unspecified atom stereocenters. The second-order valence-corrected chi connectivity index (χ2v) is 3.94. The van der Waals surface area contributed by atoms with Crippen molar-refractivity contribution in [3.8, 4) is 6.07 Å². The summed E-state index contributed by atoms with van der Waals surface area (Å²) in [6.45, 7) is 0.558. The maximum Gasteiger partial charge on any atom is 0.150 e. The van der Waals surface area contributed by atoms with E-state index in [-0.39, 0.29) is 12.1 Å². The molecule has 0 radical (unpaired) electrons. The Morgan fingerprint density at radius 1 is 1.41 bits per heavy atom. The molecule has 4 nitrogen and oxygen atoms in total. The summed E-state index contributed by atoms with van der Waals surface area (Å²) < 4.78 is 26.8.